The number of ether oxygens (including phenoxy) is 1. The molecule has 0 aromatic carbocycles. The van der Waals surface area contributed by atoms with Crippen LogP contribution in [-0.4, -0.2) is 48.7 Å². The molecule has 1 saturated carbocycles. The zero-order valence-electron chi connectivity index (χ0n) is 13.3. The third-order valence-electron chi connectivity index (χ3n) is 4.79. The first-order valence-electron chi connectivity index (χ1n) is 8.17. The molecular weight excluding hydrogens is 252 g/mol. The predicted molar refractivity (Wildman–Crippen MR) is 80.7 cm³/mol. The van der Waals surface area contributed by atoms with Gasteiger partial charge in [-0.3, -0.25) is 10.1 Å². The summed E-state index contributed by atoms with van der Waals surface area (Å²) in [4.78, 5) is 14.9. The summed E-state index contributed by atoms with van der Waals surface area (Å²) >= 11 is 0. The lowest BCUT2D eigenvalue weighted by atomic mass is 9.96. The van der Waals surface area contributed by atoms with Crippen molar-refractivity contribution in [1.29, 1.82) is 0 Å². The molecule has 2 aliphatic rings. The van der Waals surface area contributed by atoms with E-state index in [1.807, 2.05) is 0 Å². The molecule has 0 amide bonds. The number of likely N-dealkylation sites (tertiary alicyclic amines) is 1. The lowest BCUT2D eigenvalue weighted by molar-refractivity contribution is -0.149. The SMILES string of the molecule is COC(=O)C1(NC(C)C)CCC(N2CCCCCC2)C1. The van der Waals surface area contributed by atoms with E-state index in [0.29, 0.717) is 12.1 Å². The Labute approximate surface area is 123 Å². The Morgan fingerprint density at radius 2 is 1.90 bits per heavy atom. The van der Waals surface area contributed by atoms with Crippen LogP contribution in [0.2, 0.25) is 0 Å². The van der Waals surface area contributed by atoms with Gasteiger partial charge < -0.3 is 9.64 Å². The zero-order chi connectivity index (χ0) is 14.6. The van der Waals surface area contributed by atoms with Crippen molar-refractivity contribution in [2.75, 3.05) is 20.2 Å². The monoisotopic (exact) mass is 282 g/mol. The molecule has 1 aliphatic carbocycles. The summed E-state index contributed by atoms with van der Waals surface area (Å²) < 4.78 is 5.08. The van der Waals surface area contributed by atoms with Crippen molar-refractivity contribution in [3.63, 3.8) is 0 Å². The third-order valence-corrected chi connectivity index (χ3v) is 4.79. The van der Waals surface area contributed by atoms with E-state index >= 15 is 0 Å². The van der Waals surface area contributed by atoms with E-state index in [4.69, 9.17) is 4.74 Å². The van der Waals surface area contributed by atoms with E-state index in [0.717, 1.165) is 19.3 Å². The van der Waals surface area contributed by atoms with Gasteiger partial charge in [-0.25, -0.2) is 0 Å². The van der Waals surface area contributed by atoms with Crippen molar-refractivity contribution in [1.82, 2.24) is 10.2 Å². The van der Waals surface area contributed by atoms with Crippen molar-refractivity contribution < 1.29 is 9.53 Å². The van der Waals surface area contributed by atoms with Crippen LogP contribution in [0.1, 0.15) is 58.8 Å². The largest absolute Gasteiger partial charge is 0.468 e. The second-order valence-corrected chi connectivity index (χ2v) is 6.72. The van der Waals surface area contributed by atoms with Gasteiger partial charge in [0.2, 0.25) is 0 Å². The number of hydrogen-bond acceptors (Lipinski definition) is 4. The van der Waals surface area contributed by atoms with Gasteiger partial charge >= 0.3 is 5.97 Å². The maximum absolute atomic E-state index is 12.3. The van der Waals surface area contributed by atoms with Gasteiger partial charge in [-0.1, -0.05) is 12.8 Å². The summed E-state index contributed by atoms with van der Waals surface area (Å²) in [6, 6.07) is 0.843. The number of hydrogen-bond donors (Lipinski definition) is 1. The van der Waals surface area contributed by atoms with E-state index < -0.39 is 5.54 Å². The van der Waals surface area contributed by atoms with E-state index in [1.54, 1.807) is 0 Å². The van der Waals surface area contributed by atoms with Crippen LogP contribution < -0.4 is 5.32 Å². The quantitative estimate of drug-likeness (QED) is 0.804. The van der Waals surface area contributed by atoms with Gasteiger partial charge in [0.25, 0.3) is 0 Å². The predicted octanol–water partition coefficient (Wildman–Crippen LogP) is 2.32. The van der Waals surface area contributed by atoms with Crippen molar-refractivity contribution in [3.05, 3.63) is 0 Å². The summed E-state index contributed by atoms with van der Waals surface area (Å²) in [6.45, 7) is 6.60. The fourth-order valence-corrected chi connectivity index (χ4v) is 3.91. The molecule has 0 bridgehead atoms. The molecule has 1 N–H and O–H groups in total. The molecule has 2 fully saturated rings. The van der Waals surface area contributed by atoms with Gasteiger partial charge in [-0.2, -0.15) is 0 Å². The fraction of sp³-hybridized carbons (Fsp3) is 0.938. The molecule has 2 rings (SSSR count). The Balaban J connectivity index is 2.04. The van der Waals surface area contributed by atoms with Crippen molar-refractivity contribution >= 4 is 5.97 Å². The molecule has 1 saturated heterocycles. The summed E-state index contributed by atoms with van der Waals surface area (Å²) in [5.74, 6) is -0.0801. The zero-order valence-corrected chi connectivity index (χ0v) is 13.3. The topological polar surface area (TPSA) is 41.6 Å². The van der Waals surface area contributed by atoms with Crippen LogP contribution in [0, 0.1) is 0 Å². The molecule has 20 heavy (non-hydrogen) atoms. The maximum Gasteiger partial charge on any atom is 0.326 e. The van der Waals surface area contributed by atoms with Gasteiger partial charge in [0, 0.05) is 12.1 Å². The smallest absolute Gasteiger partial charge is 0.326 e. The molecule has 0 aromatic rings. The molecule has 1 aliphatic heterocycles. The minimum absolute atomic E-state index is 0.0801. The molecule has 0 spiro atoms. The summed E-state index contributed by atoms with van der Waals surface area (Å²) in [7, 11) is 1.51. The fourth-order valence-electron chi connectivity index (χ4n) is 3.91. The number of nitrogens with zero attached hydrogens (tertiary/aromatic N) is 1. The van der Waals surface area contributed by atoms with Crippen LogP contribution in [-0.2, 0) is 9.53 Å². The second kappa shape index (κ2) is 6.90. The van der Waals surface area contributed by atoms with Crippen molar-refractivity contribution in [2.24, 2.45) is 0 Å². The number of carbonyl (C=O) groups is 1. The second-order valence-electron chi connectivity index (χ2n) is 6.72. The van der Waals surface area contributed by atoms with Crippen LogP contribution in [0.3, 0.4) is 0 Å². The Kier molecular flexibility index (Phi) is 5.44. The Morgan fingerprint density at radius 1 is 1.25 bits per heavy atom. The molecule has 4 heteroatoms. The molecule has 2 atom stereocenters. The summed E-state index contributed by atoms with van der Waals surface area (Å²) in [6.07, 6.45) is 8.23. The van der Waals surface area contributed by atoms with Gasteiger partial charge in [0.15, 0.2) is 0 Å². The number of nitrogens with one attached hydrogen (secondary N) is 1. The molecule has 4 nitrogen and oxygen atoms in total. The molecule has 0 aromatic heterocycles. The van der Waals surface area contributed by atoms with Crippen molar-refractivity contribution in [2.45, 2.75) is 76.4 Å². The minimum atomic E-state index is -0.458. The van der Waals surface area contributed by atoms with Crippen LogP contribution in [0.15, 0.2) is 0 Å². The number of esters is 1. The van der Waals surface area contributed by atoms with Crippen LogP contribution >= 0.6 is 0 Å². The van der Waals surface area contributed by atoms with E-state index in [1.165, 1.54) is 45.9 Å². The normalized spacial score (nSPS) is 32.3. The first-order valence-corrected chi connectivity index (χ1v) is 8.17. The van der Waals surface area contributed by atoms with Crippen LogP contribution in [0.5, 0.6) is 0 Å². The summed E-state index contributed by atoms with van der Waals surface area (Å²) in [5.41, 5.74) is -0.458. The van der Waals surface area contributed by atoms with Crippen LogP contribution in [0.25, 0.3) is 0 Å². The maximum atomic E-state index is 12.3. The lowest BCUT2D eigenvalue weighted by Gasteiger charge is -2.32. The first kappa shape index (κ1) is 15.8. The average Bonchev–Trinajstić information content (AvgIpc) is 2.66. The Bertz CT molecular complexity index is 324. The Hall–Kier alpha value is -0.610. The highest BCUT2D eigenvalue weighted by molar-refractivity contribution is 5.81. The van der Waals surface area contributed by atoms with E-state index in [2.05, 4.69) is 24.1 Å². The van der Waals surface area contributed by atoms with Gasteiger partial charge in [0.05, 0.1) is 7.11 Å². The third kappa shape index (κ3) is 3.53. The van der Waals surface area contributed by atoms with Crippen LogP contribution in [0.4, 0.5) is 0 Å². The van der Waals surface area contributed by atoms with Gasteiger partial charge in [0.1, 0.15) is 5.54 Å². The van der Waals surface area contributed by atoms with Crippen molar-refractivity contribution in [3.8, 4) is 0 Å². The number of carbonyl (C=O) groups excluding carboxylic acids is 1. The molecule has 116 valence electrons. The standard InChI is InChI=1S/C16H30N2O2/c1-13(2)17-16(15(19)20-3)9-8-14(12-16)18-10-6-4-5-7-11-18/h13-14,17H,4-12H2,1-3H3. The number of rotatable bonds is 4. The molecule has 1 heterocycles. The first-order chi connectivity index (χ1) is 9.57. The highest BCUT2D eigenvalue weighted by Gasteiger charge is 2.47. The van der Waals surface area contributed by atoms with Gasteiger partial charge in [-0.15, -0.1) is 0 Å². The average molecular weight is 282 g/mol. The van der Waals surface area contributed by atoms with Gasteiger partial charge in [-0.05, 0) is 59.0 Å². The molecule has 0 radical (unpaired) electrons. The molecule has 2 unspecified atom stereocenters. The van der Waals surface area contributed by atoms with E-state index in [9.17, 15) is 4.79 Å². The van der Waals surface area contributed by atoms with E-state index in [-0.39, 0.29) is 5.97 Å². The minimum Gasteiger partial charge on any atom is -0.468 e. The Morgan fingerprint density at radius 3 is 2.45 bits per heavy atom. The molecular formula is C16H30N2O2. The summed E-state index contributed by atoms with van der Waals surface area (Å²) in [5, 5.41) is 3.49. The highest BCUT2D eigenvalue weighted by Crippen LogP contribution is 2.35. The highest BCUT2D eigenvalue weighted by atomic mass is 16.5. The lowest BCUT2D eigenvalue weighted by Crippen LogP contribution is -2.54. The number of methoxy groups -OCH3 is 1.